The van der Waals surface area contributed by atoms with Gasteiger partial charge in [-0.3, -0.25) is 4.90 Å². The highest BCUT2D eigenvalue weighted by Crippen LogP contribution is 2.45. The van der Waals surface area contributed by atoms with E-state index in [1.54, 1.807) is 4.90 Å². The number of amides is 1. The van der Waals surface area contributed by atoms with Crippen molar-refractivity contribution in [3.05, 3.63) is 89.3 Å². The Balaban J connectivity index is 1.11. The summed E-state index contributed by atoms with van der Waals surface area (Å²) in [5.74, 6) is 0.598. The number of aromatic nitrogens is 1. The summed E-state index contributed by atoms with van der Waals surface area (Å²) < 4.78 is 17.5. The second-order valence-electron chi connectivity index (χ2n) is 10.4. The molecule has 1 N–H and O–H groups in total. The Morgan fingerprint density at radius 1 is 1.03 bits per heavy atom. The van der Waals surface area contributed by atoms with Crippen molar-refractivity contribution in [1.82, 2.24) is 9.88 Å². The Morgan fingerprint density at radius 2 is 1.68 bits per heavy atom. The van der Waals surface area contributed by atoms with Crippen molar-refractivity contribution in [1.29, 1.82) is 0 Å². The summed E-state index contributed by atoms with van der Waals surface area (Å²) in [7, 11) is 0. The van der Waals surface area contributed by atoms with Crippen molar-refractivity contribution in [2.24, 2.45) is 0 Å². The highest BCUT2D eigenvalue weighted by Gasteiger charge is 2.49. The molecule has 1 amide bonds. The average Bonchev–Trinajstić information content (AvgIpc) is 3.43. The van der Waals surface area contributed by atoms with E-state index in [1.165, 1.54) is 22.3 Å². The van der Waals surface area contributed by atoms with Gasteiger partial charge in [-0.15, -0.1) is 0 Å². The van der Waals surface area contributed by atoms with Crippen molar-refractivity contribution in [2.45, 2.75) is 43.4 Å². The average molecular weight is 497 g/mol. The van der Waals surface area contributed by atoms with E-state index in [4.69, 9.17) is 13.9 Å². The molecule has 0 radical (unpaired) electrons. The van der Waals surface area contributed by atoms with E-state index in [0.29, 0.717) is 37.5 Å². The van der Waals surface area contributed by atoms with Crippen LogP contribution in [-0.4, -0.2) is 53.0 Å². The largest absolute Gasteiger partial charge is 0.448 e. The lowest BCUT2D eigenvalue weighted by molar-refractivity contribution is -0.136. The van der Waals surface area contributed by atoms with E-state index in [9.17, 15) is 9.90 Å². The number of aryl methyl sites for hydroxylation is 1. The third-order valence-corrected chi connectivity index (χ3v) is 8.13. The number of rotatable bonds is 3. The Bertz CT molecular complexity index is 1450. The molecule has 0 spiro atoms. The van der Waals surface area contributed by atoms with Crippen molar-refractivity contribution >= 4 is 17.2 Å². The van der Waals surface area contributed by atoms with E-state index in [1.807, 2.05) is 49.4 Å². The van der Waals surface area contributed by atoms with Gasteiger partial charge in [0.05, 0.1) is 30.9 Å². The standard InChI is InChI=1S/C30H28N2O5/c1-18-31-27-11-10-19(12-28(27)37-18)30(34)13-20-15-35-16-21(14-30)32(20)29(33)36-17-26-24-8-4-2-6-22(24)23-7-3-5-9-25(23)26/h2-12,20-21,26,34H,13-17H2,1H3. The Kier molecular flexibility index (Phi) is 5.13. The first kappa shape index (κ1) is 22.5. The number of hydrogen-bond acceptors (Lipinski definition) is 6. The molecule has 2 unspecified atom stereocenters. The molecule has 3 heterocycles. The first-order valence-corrected chi connectivity index (χ1v) is 12.8. The lowest BCUT2D eigenvalue weighted by Gasteiger charge is -2.51. The molecule has 7 heteroatoms. The quantitative estimate of drug-likeness (QED) is 0.423. The fraction of sp³-hybridized carbons (Fsp3) is 0.333. The molecular formula is C30H28N2O5. The third-order valence-electron chi connectivity index (χ3n) is 8.13. The normalized spacial score (nSPS) is 24.6. The number of ether oxygens (including phenoxy) is 2. The van der Waals surface area contributed by atoms with Gasteiger partial charge in [0, 0.05) is 25.7 Å². The van der Waals surface area contributed by atoms with Crippen LogP contribution in [0.2, 0.25) is 0 Å². The zero-order chi connectivity index (χ0) is 25.1. The van der Waals surface area contributed by atoms with Gasteiger partial charge in [0.25, 0.3) is 0 Å². The summed E-state index contributed by atoms with van der Waals surface area (Å²) in [5, 5.41) is 11.7. The van der Waals surface area contributed by atoms with Crippen LogP contribution in [0.3, 0.4) is 0 Å². The molecule has 2 fully saturated rings. The van der Waals surface area contributed by atoms with E-state index in [2.05, 4.69) is 29.2 Å². The van der Waals surface area contributed by atoms with Crippen LogP contribution in [0.15, 0.2) is 71.1 Å². The number of aliphatic hydroxyl groups is 1. The second-order valence-corrected chi connectivity index (χ2v) is 10.4. The number of nitrogens with zero attached hydrogens (tertiary/aromatic N) is 2. The summed E-state index contributed by atoms with van der Waals surface area (Å²) in [6.07, 6.45) is 0.391. The van der Waals surface area contributed by atoms with Crippen LogP contribution in [-0.2, 0) is 15.1 Å². The molecular weight excluding hydrogens is 468 g/mol. The van der Waals surface area contributed by atoms with Crippen molar-refractivity contribution in [2.75, 3.05) is 19.8 Å². The van der Waals surface area contributed by atoms with E-state index < -0.39 is 5.60 Å². The van der Waals surface area contributed by atoms with Gasteiger partial charge in [0.2, 0.25) is 0 Å². The molecule has 3 aromatic carbocycles. The van der Waals surface area contributed by atoms with Crippen molar-refractivity contribution < 1.29 is 23.8 Å². The summed E-state index contributed by atoms with van der Waals surface area (Å²) >= 11 is 0. The lowest BCUT2D eigenvalue weighted by atomic mass is 9.77. The predicted molar refractivity (Wildman–Crippen MR) is 137 cm³/mol. The molecule has 7 rings (SSSR count). The fourth-order valence-electron chi connectivity index (χ4n) is 6.51. The van der Waals surface area contributed by atoms with Crippen LogP contribution >= 0.6 is 0 Å². The minimum Gasteiger partial charge on any atom is -0.448 e. The van der Waals surface area contributed by atoms with Gasteiger partial charge in [-0.25, -0.2) is 9.78 Å². The lowest BCUT2D eigenvalue weighted by Crippen LogP contribution is -2.62. The number of benzene rings is 3. The van der Waals surface area contributed by atoms with Crippen LogP contribution in [0, 0.1) is 6.92 Å². The van der Waals surface area contributed by atoms with Crippen LogP contribution in [0.25, 0.3) is 22.2 Å². The molecule has 2 aliphatic heterocycles. The van der Waals surface area contributed by atoms with Crippen LogP contribution in [0.5, 0.6) is 0 Å². The number of carbonyl (C=O) groups excluding carboxylic acids is 1. The number of oxazole rings is 1. The molecule has 7 nitrogen and oxygen atoms in total. The zero-order valence-electron chi connectivity index (χ0n) is 20.6. The highest BCUT2D eigenvalue weighted by atomic mass is 16.6. The monoisotopic (exact) mass is 496 g/mol. The van der Waals surface area contributed by atoms with Crippen molar-refractivity contribution in [3.63, 3.8) is 0 Å². The molecule has 1 aromatic heterocycles. The topological polar surface area (TPSA) is 85.0 Å². The van der Waals surface area contributed by atoms with Crippen molar-refractivity contribution in [3.8, 4) is 11.1 Å². The molecule has 0 saturated carbocycles. The summed E-state index contributed by atoms with van der Waals surface area (Å²) in [5.41, 5.74) is 5.89. The fourth-order valence-corrected chi connectivity index (χ4v) is 6.51. The van der Waals surface area contributed by atoms with E-state index in [-0.39, 0.29) is 30.7 Å². The van der Waals surface area contributed by atoms with Crippen LogP contribution < -0.4 is 0 Å². The van der Waals surface area contributed by atoms with Gasteiger partial charge in [0.1, 0.15) is 12.1 Å². The second kappa shape index (κ2) is 8.43. The van der Waals surface area contributed by atoms with Crippen LogP contribution in [0.1, 0.15) is 41.3 Å². The first-order valence-electron chi connectivity index (χ1n) is 12.8. The molecule has 4 aromatic rings. The molecule has 1 aliphatic carbocycles. The number of carbonyl (C=O) groups is 1. The molecule has 37 heavy (non-hydrogen) atoms. The maximum absolute atomic E-state index is 13.5. The Hall–Kier alpha value is -3.68. The van der Waals surface area contributed by atoms with E-state index in [0.717, 1.165) is 11.1 Å². The maximum atomic E-state index is 13.5. The highest BCUT2D eigenvalue weighted by molar-refractivity contribution is 5.79. The van der Waals surface area contributed by atoms with Gasteiger partial charge in [-0.05, 0) is 39.9 Å². The van der Waals surface area contributed by atoms with Gasteiger partial charge >= 0.3 is 6.09 Å². The number of piperidine rings is 1. The SMILES string of the molecule is Cc1nc2ccc(C3(O)CC4COCC(C3)N4C(=O)OCC3c4ccccc4-c4ccccc43)cc2o1. The smallest absolute Gasteiger partial charge is 0.410 e. The Labute approximate surface area is 214 Å². The van der Waals surface area contributed by atoms with Crippen LogP contribution in [0.4, 0.5) is 4.79 Å². The van der Waals surface area contributed by atoms with E-state index >= 15 is 0 Å². The minimum atomic E-state index is -1.09. The summed E-state index contributed by atoms with van der Waals surface area (Å²) in [6.45, 7) is 2.82. The number of hydrogen-bond donors (Lipinski definition) is 1. The molecule has 2 saturated heterocycles. The molecule has 2 atom stereocenters. The number of fused-ring (bicyclic) bond motifs is 6. The van der Waals surface area contributed by atoms with Gasteiger partial charge in [0.15, 0.2) is 11.5 Å². The minimum absolute atomic E-state index is 0.00579. The van der Waals surface area contributed by atoms with Gasteiger partial charge < -0.3 is 19.0 Å². The molecule has 3 aliphatic rings. The maximum Gasteiger partial charge on any atom is 0.410 e. The van der Waals surface area contributed by atoms with Gasteiger partial charge in [-0.2, -0.15) is 0 Å². The Morgan fingerprint density at radius 3 is 2.35 bits per heavy atom. The molecule has 2 bridgehead atoms. The summed E-state index contributed by atoms with van der Waals surface area (Å²) in [6, 6.07) is 21.7. The summed E-state index contributed by atoms with van der Waals surface area (Å²) in [4.78, 5) is 19.6. The van der Waals surface area contributed by atoms with Gasteiger partial charge in [-0.1, -0.05) is 54.6 Å². The zero-order valence-corrected chi connectivity index (χ0v) is 20.6. The molecule has 188 valence electrons. The third kappa shape index (κ3) is 3.64. The predicted octanol–water partition coefficient (Wildman–Crippen LogP) is 5.14. The number of morpholine rings is 1. The first-order chi connectivity index (χ1) is 18.0.